The van der Waals surface area contributed by atoms with E-state index < -0.39 is 0 Å². The molecule has 0 radical (unpaired) electrons. The van der Waals surface area contributed by atoms with Crippen LogP contribution in [0.1, 0.15) is 24.2 Å². The minimum atomic E-state index is -0.296. The van der Waals surface area contributed by atoms with E-state index in [1.54, 1.807) is 23.0 Å². The highest BCUT2D eigenvalue weighted by molar-refractivity contribution is 5.89. The number of anilines is 1. The largest absolute Gasteiger partial charge is 0.330 e. The Bertz CT molecular complexity index is 920. The molecule has 0 saturated heterocycles. The van der Waals surface area contributed by atoms with Crippen molar-refractivity contribution in [1.82, 2.24) is 14.9 Å². The zero-order chi connectivity index (χ0) is 18.4. The second-order valence-electron chi connectivity index (χ2n) is 5.94. The molecule has 1 atom stereocenters. The van der Waals surface area contributed by atoms with Gasteiger partial charge in [-0.15, -0.1) is 0 Å². The van der Waals surface area contributed by atoms with E-state index in [0.29, 0.717) is 12.2 Å². The maximum atomic E-state index is 12.1. The lowest BCUT2D eigenvalue weighted by Gasteiger charge is -2.14. The molecular formula is C20H20N4O2. The van der Waals surface area contributed by atoms with Crippen molar-refractivity contribution in [3.05, 3.63) is 94.7 Å². The SMILES string of the molecule is C[C@H](NC(=O)Nc1ccc(Cn2ccccc2=O)cc1)c1ccccn1. The van der Waals surface area contributed by atoms with Crippen molar-refractivity contribution in [2.75, 3.05) is 5.32 Å². The fraction of sp³-hybridized carbons (Fsp3) is 0.150. The van der Waals surface area contributed by atoms with Gasteiger partial charge in [-0.3, -0.25) is 9.78 Å². The number of nitrogens with one attached hydrogen (secondary N) is 2. The lowest BCUT2D eigenvalue weighted by atomic mass is 10.2. The molecule has 0 aliphatic carbocycles. The van der Waals surface area contributed by atoms with Gasteiger partial charge < -0.3 is 15.2 Å². The van der Waals surface area contributed by atoms with Gasteiger partial charge in [-0.25, -0.2) is 4.79 Å². The highest BCUT2D eigenvalue weighted by atomic mass is 16.2. The summed E-state index contributed by atoms with van der Waals surface area (Å²) in [5.41, 5.74) is 2.41. The maximum Gasteiger partial charge on any atom is 0.319 e. The molecule has 26 heavy (non-hydrogen) atoms. The average Bonchev–Trinajstić information content (AvgIpc) is 2.66. The van der Waals surface area contributed by atoms with E-state index >= 15 is 0 Å². The minimum Gasteiger partial charge on any atom is -0.330 e. The molecule has 0 unspecified atom stereocenters. The van der Waals surface area contributed by atoms with Gasteiger partial charge in [0.25, 0.3) is 5.56 Å². The molecule has 6 nitrogen and oxygen atoms in total. The van der Waals surface area contributed by atoms with Crippen molar-refractivity contribution in [2.24, 2.45) is 0 Å². The van der Waals surface area contributed by atoms with E-state index in [-0.39, 0.29) is 17.6 Å². The lowest BCUT2D eigenvalue weighted by molar-refractivity contribution is 0.249. The number of pyridine rings is 2. The van der Waals surface area contributed by atoms with Gasteiger partial charge in [0.2, 0.25) is 0 Å². The molecule has 0 aliphatic heterocycles. The smallest absolute Gasteiger partial charge is 0.319 e. The summed E-state index contributed by atoms with van der Waals surface area (Å²) < 4.78 is 1.63. The van der Waals surface area contributed by atoms with Crippen molar-refractivity contribution >= 4 is 11.7 Å². The zero-order valence-corrected chi connectivity index (χ0v) is 14.4. The number of benzene rings is 1. The molecule has 2 amide bonds. The van der Waals surface area contributed by atoms with Gasteiger partial charge in [0, 0.05) is 24.1 Å². The van der Waals surface area contributed by atoms with Crippen molar-refractivity contribution in [1.29, 1.82) is 0 Å². The molecule has 3 rings (SSSR count). The third-order valence-electron chi connectivity index (χ3n) is 3.94. The molecule has 3 aromatic rings. The van der Waals surface area contributed by atoms with Gasteiger partial charge in [0.05, 0.1) is 18.3 Å². The summed E-state index contributed by atoms with van der Waals surface area (Å²) in [6, 6.07) is 17.6. The Balaban J connectivity index is 1.58. The summed E-state index contributed by atoms with van der Waals surface area (Å²) in [6.45, 7) is 2.37. The normalized spacial score (nSPS) is 11.6. The summed E-state index contributed by atoms with van der Waals surface area (Å²) in [4.78, 5) is 28.1. The van der Waals surface area contributed by atoms with Crippen LogP contribution in [0.25, 0.3) is 0 Å². The Hall–Kier alpha value is -3.41. The molecule has 132 valence electrons. The molecule has 6 heteroatoms. The van der Waals surface area contributed by atoms with Crippen molar-refractivity contribution < 1.29 is 4.79 Å². The fourth-order valence-electron chi connectivity index (χ4n) is 2.55. The third-order valence-corrected chi connectivity index (χ3v) is 3.94. The van der Waals surface area contributed by atoms with Crippen LogP contribution < -0.4 is 16.2 Å². The number of hydrogen-bond donors (Lipinski definition) is 2. The highest BCUT2D eigenvalue weighted by Crippen LogP contribution is 2.12. The summed E-state index contributed by atoms with van der Waals surface area (Å²) in [6.07, 6.45) is 3.45. The van der Waals surface area contributed by atoms with Gasteiger partial charge >= 0.3 is 6.03 Å². The molecule has 2 aromatic heterocycles. The predicted molar refractivity (Wildman–Crippen MR) is 101 cm³/mol. The highest BCUT2D eigenvalue weighted by Gasteiger charge is 2.10. The Kier molecular flexibility index (Phi) is 5.43. The number of rotatable bonds is 5. The van der Waals surface area contributed by atoms with Gasteiger partial charge in [-0.1, -0.05) is 24.3 Å². The predicted octanol–water partition coefficient (Wildman–Crippen LogP) is 3.17. The molecule has 2 heterocycles. The van der Waals surface area contributed by atoms with Crippen LogP contribution in [0.3, 0.4) is 0 Å². The monoisotopic (exact) mass is 348 g/mol. The molecule has 2 N–H and O–H groups in total. The third kappa shape index (κ3) is 4.57. The Morgan fingerprint density at radius 2 is 1.85 bits per heavy atom. The van der Waals surface area contributed by atoms with Crippen LogP contribution >= 0.6 is 0 Å². The van der Waals surface area contributed by atoms with E-state index in [9.17, 15) is 9.59 Å². The number of urea groups is 1. The van der Waals surface area contributed by atoms with E-state index in [4.69, 9.17) is 0 Å². The number of hydrogen-bond acceptors (Lipinski definition) is 3. The van der Waals surface area contributed by atoms with Crippen LogP contribution in [0, 0.1) is 0 Å². The Morgan fingerprint density at radius 3 is 2.54 bits per heavy atom. The van der Waals surface area contributed by atoms with Gasteiger partial charge in [0.1, 0.15) is 0 Å². The standard InChI is InChI=1S/C20H20N4O2/c1-15(18-6-2-4-12-21-18)22-20(26)23-17-10-8-16(9-11-17)14-24-13-5-3-7-19(24)25/h2-13,15H,14H2,1H3,(H2,22,23,26)/t15-/m0/s1. The number of carbonyl (C=O) groups excluding carboxylic acids is 1. The second-order valence-corrected chi connectivity index (χ2v) is 5.94. The van der Waals surface area contributed by atoms with E-state index in [1.165, 1.54) is 6.07 Å². The summed E-state index contributed by atoms with van der Waals surface area (Å²) >= 11 is 0. The molecular weight excluding hydrogens is 328 g/mol. The molecule has 0 spiro atoms. The molecule has 0 saturated carbocycles. The van der Waals surface area contributed by atoms with Gasteiger partial charge in [0.15, 0.2) is 0 Å². The van der Waals surface area contributed by atoms with Crippen molar-refractivity contribution in [3.8, 4) is 0 Å². The number of nitrogens with zero attached hydrogens (tertiary/aromatic N) is 2. The van der Waals surface area contributed by atoms with E-state index in [2.05, 4.69) is 15.6 Å². The van der Waals surface area contributed by atoms with Crippen LogP contribution in [-0.2, 0) is 6.54 Å². The van der Waals surface area contributed by atoms with Gasteiger partial charge in [-0.2, -0.15) is 0 Å². The second kappa shape index (κ2) is 8.11. The van der Waals surface area contributed by atoms with Crippen LogP contribution in [-0.4, -0.2) is 15.6 Å². The molecule has 1 aromatic carbocycles. The van der Waals surface area contributed by atoms with Crippen LogP contribution in [0.4, 0.5) is 10.5 Å². The van der Waals surface area contributed by atoms with Gasteiger partial charge in [-0.05, 0) is 42.8 Å². The van der Waals surface area contributed by atoms with Crippen molar-refractivity contribution in [2.45, 2.75) is 19.5 Å². The molecule has 0 aliphatic rings. The first-order chi connectivity index (χ1) is 12.6. The molecule has 0 fully saturated rings. The first-order valence-corrected chi connectivity index (χ1v) is 8.35. The first kappa shape index (κ1) is 17.4. The summed E-state index contributed by atoms with van der Waals surface area (Å²) in [5.74, 6) is 0. The number of aromatic nitrogens is 2. The molecule has 0 bridgehead atoms. The topological polar surface area (TPSA) is 76.0 Å². The van der Waals surface area contributed by atoms with Crippen LogP contribution in [0.2, 0.25) is 0 Å². The summed E-state index contributed by atoms with van der Waals surface area (Å²) in [7, 11) is 0. The Morgan fingerprint density at radius 1 is 1.08 bits per heavy atom. The Labute approximate surface area is 151 Å². The van der Waals surface area contributed by atoms with E-state index in [1.807, 2.05) is 55.5 Å². The minimum absolute atomic E-state index is 0.0439. The number of carbonyl (C=O) groups is 1. The lowest BCUT2D eigenvalue weighted by Crippen LogP contribution is -2.31. The van der Waals surface area contributed by atoms with Crippen LogP contribution in [0.5, 0.6) is 0 Å². The van der Waals surface area contributed by atoms with Crippen molar-refractivity contribution in [3.63, 3.8) is 0 Å². The fourth-order valence-corrected chi connectivity index (χ4v) is 2.55. The maximum absolute atomic E-state index is 12.1. The summed E-state index contributed by atoms with van der Waals surface area (Å²) in [5, 5.41) is 5.65. The van der Waals surface area contributed by atoms with E-state index in [0.717, 1.165) is 11.3 Å². The number of amides is 2. The quantitative estimate of drug-likeness (QED) is 0.743. The average molecular weight is 348 g/mol. The van der Waals surface area contributed by atoms with Crippen LogP contribution in [0.15, 0.2) is 77.9 Å². The first-order valence-electron chi connectivity index (χ1n) is 8.35. The zero-order valence-electron chi connectivity index (χ0n) is 14.4.